The molecule has 1 fully saturated rings. The van der Waals surface area contributed by atoms with Crippen molar-refractivity contribution in [2.24, 2.45) is 5.73 Å². The second kappa shape index (κ2) is 4.13. The van der Waals surface area contributed by atoms with Crippen LogP contribution in [-0.2, 0) is 15.4 Å². The summed E-state index contributed by atoms with van der Waals surface area (Å²) in [5.74, 6) is 0.891. The lowest BCUT2D eigenvalue weighted by Crippen LogP contribution is -2.22. The summed E-state index contributed by atoms with van der Waals surface area (Å²) in [6.45, 7) is 0. The third kappa shape index (κ3) is 2.18. The van der Waals surface area contributed by atoms with Crippen LogP contribution in [0.2, 0.25) is 0 Å². The minimum absolute atomic E-state index is 0.222. The summed E-state index contributed by atoms with van der Waals surface area (Å²) in [6.07, 6.45) is 2.74. The molecule has 18 heavy (non-hydrogen) atoms. The van der Waals surface area contributed by atoms with Gasteiger partial charge in [-0.15, -0.1) is 0 Å². The van der Waals surface area contributed by atoms with Gasteiger partial charge in [-0.25, -0.2) is 8.42 Å². The van der Waals surface area contributed by atoms with Crippen LogP contribution in [-0.4, -0.2) is 28.9 Å². The lowest BCUT2D eigenvalue weighted by Gasteiger charge is -2.17. The highest BCUT2D eigenvalue weighted by atomic mass is 32.2. The quantitative estimate of drug-likeness (QED) is 0.885. The maximum Gasteiger partial charge on any atom is 0.176 e. The summed E-state index contributed by atoms with van der Waals surface area (Å²) in [5, 5.41) is 0. The van der Waals surface area contributed by atoms with E-state index >= 15 is 0 Å². The van der Waals surface area contributed by atoms with Crippen LogP contribution < -0.4 is 15.2 Å². The van der Waals surface area contributed by atoms with Gasteiger partial charge in [0.05, 0.1) is 19.1 Å². The molecular formula is C12H17NO4S. The molecule has 6 heteroatoms. The molecule has 0 unspecified atom stereocenters. The molecule has 0 heterocycles. The second-order valence-electron chi connectivity index (χ2n) is 4.63. The van der Waals surface area contributed by atoms with Gasteiger partial charge in [-0.1, -0.05) is 0 Å². The van der Waals surface area contributed by atoms with Crippen molar-refractivity contribution in [3.8, 4) is 11.5 Å². The molecule has 1 aliphatic carbocycles. The Morgan fingerprint density at radius 2 is 1.67 bits per heavy atom. The molecular weight excluding hydrogens is 254 g/mol. The minimum Gasteiger partial charge on any atom is -0.493 e. The molecule has 1 aromatic carbocycles. The summed E-state index contributed by atoms with van der Waals surface area (Å²) >= 11 is 0. The van der Waals surface area contributed by atoms with Crippen molar-refractivity contribution >= 4 is 9.84 Å². The lowest BCUT2D eigenvalue weighted by atomic mass is 10.1. The number of nitrogens with two attached hydrogens (primary N) is 1. The zero-order valence-electron chi connectivity index (χ0n) is 10.7. The van der Waals surface area contributed by atoms with E-state index in [1.54, 1.807) is 6.07 Å². The molecule has 0 bridgehead atoms. The molecule has 5 nitrogen and oxygen atoms in total. The molecule has 0 aliphatic heterocycles. The van der Waals surface area contributed by atoms with E-state index in [0.717, 1.165) is 12.8 Å². The van der Waals surface area contributed by atoms with Gasteiger partial charge in [0.1, 0.15) is 0 Å². The van der Waals surface area contributed by atoms with Gasteiger partial charge in [0, 0.05) is 17.9 Å². The van der Waals surface area contributed by atoms with Gasteiger partial charge in [-0.2, -0.15) is 0 Å². The first-order valence-corrected chi connectivity index (χ1v) is 7.46. The fourth-order valence-electron chi connectivity index (χ4n) is 1.96. The highest BCUT2D eigenvalue weighted by Crippen LogP contribution is 2.48. The predicted molar refractivity (Wildman–Crippen MR) is 67.8 cm³/mol. The molecule has 2 rings (SSSR count). The van der Waals surface area contributed by atoms with Crippen molar-refractivity contribution in [1.82, 2.24) is 0 Å². The van der Waals surface area contributed by atoms with Crippen LogP contribution in [0.4, 0.5) is 0 Å². The third-order valence-electron chi connectivity index (χ3n) is 3.21. The van der Waals surface area contributed by atoms with Crippen LogP contribution in [0.15, 0.2) is 17.0 Å². The van der Waals surface area contributed by atoms with Crippen molar-refractivity contribution in [1.29, 1.82) is 0 Å². The summed E-state index contributed by atoms with van der Waals surface area (Å²) in [6, 6.07) is 3.15. The topological polar surface area (TPSA) is 78.6 Å². The van der Waals surface area contributed by atoms with E-state index in [4.69, 9.17) is 15.2 Å². The molecule has 1 aromatic rings. The van der Waals surface area contributed by atoms with Crippen LogP contribution in [0, 0.1) is 0 Å². The van der Waals surface area contributed by atoms with E-state index in [0.29, 0.717) is 17.1 Å². The molecule has 0 atom stereocenters. The molecule has 1 aliphatic rings. The first kappa shape index (κ1) is 13.2. The summed E-state index contributed by atoms with van der Waals surface area (Å²) in [5.41, 5.74) is 6.19. The van der Waals surface area contributed by atoms with Crippen molar-refractivity contribution in [3.05, 3.63) is 17.7 Å². The minimum atomic E-state index is -3.35. The first-order chi connectivity index (χ1) is 8.31. The monoisotopic (exact) mass is 271 g/mol. The molecule has 0 aromatic heterocycles. The summed E-state index contributed by atoms with van der Waals surface area (Å²) in [7, 11) is -0.367. The zero-order chi connectivity index (χ0) is 13.6. The van der Waals surface area contributed by atoms with Gasteiger partial charge in [-0.05, 0) is 24.5 Å². The number of rotatable bonds is 4. The van der Waals surface area contributed by atoms with Gasteiger partial charge in [-0.3, -0.25) is 0 Å². The van der Waals surface area contributed by atoms with E-state index in [1.807, 2.05) is 0 Å². The van der Waals surface area contributed by atoms with Gasteiger partial charge < -0.3 is 15.2 Å². The fourth-order valence-corrected chi connectivity index (χ4v) is 2.94. The van der Waals surface area contributed by atoms with Crippen molar-refractivity contribution < 1.29 is 17.9 Å². The Balaban J connectivity index is 2.70. The Kier molecular flexibility index (Phi) is 3.03. The second-order valence-corrected chi connectivity index (χ2v) is 6.62. The Bertz CT molecular complexity index is 576. The lowest BCUT2D eigenvalue weighted by molar-refractivity contribution is 0.352. The maximum atomic E-state index is 11.8. The van der Waals surface area contributed by atoms with Gasteiger partial charge >= 0.3 is 0 Å². The number of hydrogen-bond acceptors (Lipinski definition) is 5. The molecule has 0 amide bonds. The summed E-state index contributed by atoms with van der Waals surface area (Å²) < 4.78 is 34.0. The van der Waals surface area contributed by atoms with Crippen molar-refractivity contribution in [2.75, 3.05) is 20.5 Å². The van der Waals surface area contributed by atoms with Gasteiger partial charge in [0.25, 0.3) is 0 Å². The van der Waals surface area contributed by atoms with Crippen LogP contribution in [0.25, 0.3) is 0 Å². The van der Waals surface area contributed by atoms with E-state index in [1.165, 1.54) is 26.5 Å². The molecule has 2 N–H and O–H groups in total. The Morgan fingerprint density at radius 1 is 1.17 bits per heavy atom. The smallest absolute Gasteiger partial charge is 0.176 e. The zero-order valence-corrected chi connectivity index (χ0v) is 11.5. The van der Waals surface area contributed by atoms with Crippen molar-refractivity contribution in [3.63, 3.8) is 0 Å². The molecule has 0 saturated heterocycles. The third-order valence-corrected chi connectivity index (χ3v) is 4.35. The van der Waals surface area contributed by atoms with Crippen molar-refractivity contribution in [2.45, 2.75) is 23.3 Å². The highest BCUT2D eigenvalue weighted by Gasteiger charge is 2.43. The Labute approximate surface area is 107 Å². The number of benzene rings is 1. The standard InChI is InChI=1S/C12H17NO4S/c1-16-9-6-8(12(13)4-5-12)11(18(3,14)15)7-10(9)17-2/h6-7H,4-5,13H2,1-3H3. The van der Waals surface area contributed by atoms with Gasteiger partial charge in [0.2, 0.25) is 0 Å². The number of hydrogen-bond donors (Lipinski definition) is 1. The van der Waals surface area contributed by atoms with Crippen LogP contribution in [0.1, 0.15) is 18.4 Å². The summed E-state index contributed by atoms with van der Waals surface area (Å²) in [4.78, 5) is 0.222. The normalized spacial score (nSPS) is 17.3. The van der Waals surface area contributed by atoms with Gasteiger partial charge in [0.15, 0.2) is 21.3 Å². The first-order valence-electron chi connectivity index (χ1n) is 5.57. The molecule has 100 valence electrons. The van der Waals surface area contributed by atoms with E-state index < -0.39 is 15.4 Å². The van der Waals surface area contributed by atoms with E-state index in [9.17, 15) is 8.42 Å². The number of ether oxygens (including phenoxy) is 2. The van der Waals surface area contributed by atoms with E-state index in [-0.39, 0.29) is 4.90 Å². The predicted octanol–water partition coefficient (Wildman–Crippen LogP) is 1.06. The van der Waals surface area contributed by atoms with Crippen LogP contribution in [0.3, 0.4) is 0 Å². The number of sulfone groups is 1. The number of methoxy groups -OCH3 is 2. The molecule has 0 spiro atoms. The molecule has 1 saturated carbocycles. The average molecular weight is 271 g/mol. The largest absolute Gasteiger partial charge is 0.493 e. The molecule has 0 radical (unpaired) electrons. The maximum absolute atomic E-state index is 11.8. The van der Waals surface area contributed by atoms with Crippen LogP contribution in [0.5, 0.6) is 11.5 Å². The Hall–Kier alpha value is -1.27. The fraction of sp³-hybridized carbons (Fsp3) is 0.500. The van der Waals surface area contributed by atoms with E-state index in [2.05, 4.69) is 0 Å². The van der Waals surface area contributed by atoms with Crippen LogP contribution >= 0.6 is 0 Å². The SMILES string of the molecule is COc1cc(C2(N)CC2)c(S(C)(=O)=O)cc1OC. The Morgan fingerprint density at radius 3 is 2.06 bits per heavy atom. The highest BCUT2D eigenvalue weighted by molar-refractivity contribution is 7.90. The average Bonchev–Trinajstić information content (AvgIpc) is 3.05.